The number of rotatable bonds is 5. The van der Waals surface area contributed by atoms with E-state index in [1.54, 1.807) is 11.3 Å². The number of thiazole rings is 1. The lowest BCUT2D eigenvalue weighted by Crippen LogP contribution is -2.40. The number of nitrogens with zero attached hydrogens (tertiary/aromatic N) is 3. The molecular weight excluding hydrogens is 431 g/mol. The van der Waals surface area contributed by atoms with Gasteiger partial charge >= 0.3 is 0 Å². The van der Waals surface area contributed by atoms with E-state index in [1.807, 2.05) is 6.20 Å². The molecule has 24 heavy (non-hydrogen) atoms. The number of nitrogens with one attached hydrogen (secondary N) is 1. The zero-order valence-corrected chi connectivity index (χ0v) is 17.4. The maximum absolute atomic E-state index is 4.82. The van der Waals surface area contributed by atoms with Crippen molar-refractivity contribution in [2.75, 3.05) is 24.5 Å². The molecule has 0 amide bonds. The highest BCUT2D eigenvalue weighted by Gasteiger charge is 2.22. The van der Waals surface area contributed by atoms with Gasteiger partial charge in [-0.2, -0.15) is 0 Å². The van der Waals surface area contributed by atoms with Crippen molar-refractivity contribution in [3.63, 3.8) is 0 Å². The van der Waals surface area contributed by atoms with Crippen molar-refractivity contribution in [1.29, 1.82) is 0 Å². The molecule has 0 bridgehead atoms. The predicted octanol–water partition coefficient (Wildman–Crippen LogP) is 3.89. The summed E-state index contributed by atoms with van der Waals surface area (Å²) in [7, 11) is 0. The van der Waals surface area contributed by atoms with Crippen molar-refractivity contribution in [3.05, 3.63) is 45.9 Å². The number of aryl methyl sites for hydroxylation is 1. The minimum atomic E-state index is 0. The van der Waals surface area contributed by atoms with E-state index in [0.717, 1.165) is 44.9 Å². The smallest absolute Gasteiger partial charge is 0.198 e. The largest absolute Gasteiger partial charge is 0.356 e. The molecule has 1 N–H and O–H groups in total. The molecule has 0 atom stereocenters. The Morgan fingerprint density at radius 3 is 2.92 bits per heavy atom. The number of halogens is 1. The van der Waals surface area contributed by atoms with E-state index in [9.17, 15) is 0 Å². The second kappa shape index (κ2) is 9.36. The molecule has 0 fully saturated rings. The number of benzene rings is 1. The molecule has 6 heteroatoms. The van der Waals surface area contributed by atoms with Gasteiger partial charge in [-0.05, 0) is 31.4 Å². The summed E-state index contributed by atoms with van der Waals surface area (Å²) in [6.45, 7) is 6.95. The summed E-state index contributed by atoms with van der Waals surface area (Å²) in [4.78, 5) is 13.0. The monoisotopic (exact) mass is 456 g/mol. The number of aliphatic imine (C=N–C) groups is 1. The van der Waals surface area contributed by atoms with Gasteiger partial charge in [0, 0.05) is 42.8 Å². The minimum Gasteiger partial charge on any atom is -0.356 e. The molecule has 4 nitrogen and oxygen atoms in total. The number of guanidine groups is 1. The second-order valence-corrected chi connectivity index (χ2v) is 6.79. The third-order valence-corrected chi connectivity index (χ3v) is 5.22. The average molecular weight is 456 g/mol. The van der Waals surface area contributed by atoms with E-state index in [1.165, 1.54) is 21.1 Å². The molecule has 2 aromatic rings. The Hall–Kier alpha value is -1.15. The molecule has 0 saturated heterocycles. The third kappa shape index (κ3) is 4.47. The normalized spacial score (nSPS) is 13.6. The van der Waals surface area contributed by atoms with Gasteiger partial charge in [0.15, 0.2) is 5.96 Å². The molecule has 0 spiro atoms. The van der Waals surface area contributed by atoms with Gasteiger partial charge in [0.25, 0.3) is 0 Å². The summed E-state index contributed by atoms with van der Waals surface area (Å²) in [6.07, 6.45) is 5.06. The first kappa shape index (κ1) is 19.2. The van der Waals surface area contributed by atoms with Crippen LogP contribution >= 0.6 is 35.3 Å². The lowest BCUT2D eigenvalue weighted by molar-refractivity contribution is 0.869. The number of anilines is 1. The minimum absolute atomic E-state index is 0. The Kier molecular flexibility index (Phi) is 7.48. The lowest BCUT2D eigenvalue weighted by Gasteiger charge is -2.22. The van der Waals surface area contributed by atoms with Gasteiger partial charge in [0.05, 0.1) is 5.01 Å². The van der Waals surface area contributed by atoms with E-state index in [4.69, 9.17) is 4.99 Å². The van der Waals surface area contributed by atoms with Gasteiger partial charge in [-0.15, -0.1) is 35.3 Å². The number of para-hydroxylation sites is 1. The molecule has 3 rings (SSSR count). The summed E-state index contributed by atoms with van der Waals surface area (Å²) >= 11 is 1.80. The van der Waals surface area contributed by atoms with Gasteiger partial charge in [0.2, 0.25) is 0 Å². The van der Waals surface area contributed by atoms with Crippen LogP contribution in [0.3, 0.4) is 0 Å². The third-order valence-electron chi connectivity index (χ3n) is 4.01. The van der Waals surface area contributed by atoms with Crippen LogP contribution in [-0.2, 0) is 19.3 Å². The Morgan fingerprint density at radius 2 is 2.17 bits per heavy atom. The van der Waals surface area contributed by atoms with Crippen LogP contribution in [0.15, 0.2) is 35.5 Å². The van der Waals surface area contributed by atoms with Crippen LogP contribution in [0.2, 0.25) is 0 Å². The summed E-state index contributed by atoms with van der Waals surface area (Å²) in [5.74, 6) is 0.990. The molecule has 0 unspecified atom stereocenters. The highest BCUT2D eigenvalue weighted by Crippen LogP contribution is 2.27. The zero-order valence-electron chi connectivity index (χ0n) is 14.3. The summed E-state index contributed by atoms with van der Waals surface area (Å²) in [5, 5.41) is 4.61. The van der Waals surface area contributed by atoms with Crippen molar-refractivity contribution in [2.24, 2.45) is 4.99 Å². The molecular formula is C18H25IN4S. The van der Waals surface area contributed by atoms with Crippen LogP contribution in [0.4, 0.5) is 5.69 Å². The Balaban J connectivity index is 0.00000208. The quantitative estimate of drug-likeness (QED) is 0.422. The van der Waals surface area contributed by atoms with E-state index in [2.05, 4.69) is 53.3 Å². The van der Waals surface area contributed by atoms with E-state index in [0.29, 0.717) is 0 Å². The average Bonchev–Trinajstić information content (AvgIpc) is 3.20. The van der Waals surface area contributed by atoms with Crippen LogP contribution < -0.4 is 10.2 Å². The van der Waals surface area contributed by atoms with Crippen LogP contribution in [0.25, 0.3) is 0 Å². The summed E-state index contributed by atoms with van der Waals surface area (Å²) < 4.78 is 0. The fourth-order valence-corrected chi connectivity index (χ4v) is 3.69. The lowest BCUT2D eigenvalue weighted by atomic mass is 10.2. The van der Waals surface area contributed by atoms with Gasteiger partial charge in [-0.25, -0.2) is 4.98 Å². The number of hydrogen-bond acceptors (Lipinski definition) is 3. The first-order chi connectivity index (χ1) is 11.3. The Morgan fingerprint density at radius 1 is 1.33 bits per heavy atom. The standard InChI is InChI=1S/C18H24N4S.HI/c1-3-15-13-21-17(23-15)9-11-20-18(19-4-2)22-12-10-14-7-5-6-8-16(14)22;/h5-8,13H,3-4,9-12H2,1-2H3,(H,19,20);1H. The zero-order chi connectivity index (χ0) is 16.1. The number of hydrogen-bond donors (Lipinski definition) is 1. The Labute approximate surface area is 165 Å². The van der Waals surface area contributed by atoms with Crippen LogP contribution in [-0.4, -0.2) is 30.6 Å². The SMILES string of the molecule is CCNC(=NCCc1ncc(CC)s1)N1CCc2ccccc21.I. The molecule has 1 aliphatic heterocycles. The predicted molar refractivity (Wildman–Crippen MR) is 114 cm³/mol. The van der Waals surface area contributed by atoms with E-state index in [-0.39, 0.29) is 24.0 Å². The van der Waals surface area contributed by atoms with Gasteiger partial charge in [-0.3, -0.25) is 4.99 Å². The summed E-state index contributed by atoms with van der Waals surface area (Å²) in [6, 6.07) is 8.60. The van der Waals surface area contributed by atoms with Gasteiger partial charge in [0.1, 0.15) is 0 Å². The second-order valence-electron chi connectivity index (χ2n) is 5.59. The maximum atomic E-state index is 4.82. The Bertz CT molecular complexity index is 683. The van der Waals surface area contributed by atoms with Crippen molar-refractivity contribution < 1.29 is 0 Å². The molecule has 1 aromatic carbocycles. The molecule has 1 aliphatic rings. The van der Waals surface area contributed by atoms with Crippen molar-refractivity contribution in [3.8, 4) is 0 Å². The van der Waals surface area contributed by atoms with Crippen molar-refractivity contribution in [1.82, 2.24) is 10.3 Å². The molecule has 1 aromatic heterocycles. The number of fused-ring (bicyclic) bond motifs is 1. The van der Waals surface area contributed by atoms with Gasteiger partial charge < -0.3 is 10.2 Å². The molecule has 130 valence electrons. The maximum Gasteiger partial charge on any atom is 0.198 e. The van der Waals surface area contributed by atoms with Crippen molar-refractivity contribution >= 4 is 47.0 Å². The topological polar surface area (TPSA) is 40.5 Å². The van der Waals surface area contributed by atoms with Crippen LogP contribution in [0, 0.1) is 0 Å². The fourth-order valence-electron chi connectivity index (χ4n) is 2.84. The van der Waals surface area contributed by atoms with Gasteiger partial charge in [-0.1, -0.05) is 25.1 Å². The molecule has 0 aliphatic carbocycles. The molecule has 0 saturated carbocycles. The van der Waals surface area contributed by atoms with Crippen molar-refractivity contribution in [2.45, 2.75) is 33.1 Å². The van der Waals surface area contributed by atoms with Crippen LogP contribution in [0.5, 0.6) is 0 Å². The first-order valence-electron chi connectivity index (χ1n) is 8.39. The highest BCUT2D eigenvalue weighted by atomic mass is 127. The van der Waals surface area contributed by atoms with E-state index >= 15 is 0 Å². The highest BCUT2D eigenvalue weighted by molar-refractivity contribution is 14.0. The van der Waals surface area contributed by atoms with Crippen LogP contribution in [0.1, 0.15) is 29.3 Å². The number of aromatic nitrogens is 1. The first-order valence-corrected chi connectivity index (χ1v) is 9.20. The van der Waals surface area contributed by atoms with E-state index < -0.39 is 0 Å². The molecule has 0 radical (unpaired) electrons. The summed E-state index contributed by atoms with van der Waals surface area (Å²) in [5.41, 5.74) is 2.69. The fraction of sp³-hybridized carbons (Fsp3) is 0.444. The molecule has 2 heterocycles.